The van der Waals surface area contributed by atoms with Gasteiger partial charge < -0.3 is 16.0 Å². The Hall–Kier alpha value is -1.55. The molecule has 1 amide bonds. The second kappa shape index (κ2) is 5.19. The summed E-state index contributed by atoms with van der Waals surface area (Å²) in [5, 5.41) is 2.88. The van der Waals surface area contributed by atoms with E-state index < -0.39 is 0 Å². The van der Waals surface area contributed by atoms with Crippen LogP contribution in [0, 0.1) is 0 Å². The van der Waals surface area contributed by atoms with Crippen molar-refractivity contribution in [1.82, 2.24) is 5.32 Å². The molecule has 2 rings (SSSR count). The predicted molar refractivity (Wildman–Crippen MR) is 69.0 cm³/mol. The Labute approximate surface area is 102 Å². The van der Waals surface area contributed by atoms with Crippen LogP contribution >= 0.6 is 0 Å². The topological polar surface area (TPSA) is 58.4 Å². The molecule has 1 heterocycles. The van der Waals surface area contributed by atoms with Crippen LogP contribution in [0.3, 0.4) is 0 Å². The van der Waals surface area contributed by atoms with E-state index in [1.165, 1.54) is 5.56 Å². The molecule has 0 spiro atoms. The molecule has 1 atom stereocenters. The maximum Gasteiger partial charge on any atom is 0.239 e. The van der Waals surface area contributed by atoms with Crippen molar-refractivity contribution in [3.8, 4) is 0 Å². The van der Waals surface area contributed by atoms with Crippen LogP contribution in [0.2, 0.25) is 0 Å². The summed E-state index contributed by atoms with van der Waals surface area (Å²) < 4.78 is 0. The van der Waals surface area contributed by atoms with Gasteiger partial charge in [0.25, 0.3) is 0 Å². The fourth-order valence-corrected chi connectivity index (χ4v) is 2.10. The van der Waals surface area contributed by atoms with E-state index in [-0.39, 0.29) is 11.9 Å². The molecule has 0 bridgehead atoms. The van der Waals surface area contributed by atoms with Gasteiger partial charge in [0.15, 0.2) is 0 Å². The third-order valence-electron chi connectivity index (χ3n) is 3.13. The molecular weight excluding hydrogens is 214 g/mol. The highest BCUT2D eigenvalue weighted by Gasteiger charge is 2.23. The molecule has 1 aromatic rings. The van der Waals surface area contributed by atoms with E-state index in [9.17, 15) is 4.79 Å². The highest BCUT2D eigenvalue weighted by Crippen LogP contribution is 2.17. The normalized spacial score (nSPS) is 20.2. The summed E-state index contributed by atoms with van der Waals surface area (Å²) in [4.78, 5) is 13.6. The van der Waals surface area contributed by atoms with Gasteiger partial charge in [-0.15, -0.1) is 0 Å². The van der Waals surface area contributed by atoms with Gasteiger partial charge in [0, 0.05) is 18.8 Å². The van der Waals surface area contributed by atoms with Crippen molar-refractivity contribution in [2.45, 2.75) is 19.4 Å². The number of aryl methyl sites for hydroxylation is 1. The standard InChI is InChI=1S/C13H19N3O/c1-2-10-3-5-12(6-4-10)16-8-11(7-14)15-13(17)9-16/h3-6,11H,2,7-9,14H2,1H3,(H,15,17). The summed E-state index contributed by atoms with van der Waals surface area (Å²) in [6.45, 7) is 3.82. The molecule has 0 aliphatic carbocycles. The monoisotopic (exact) mass is 233 g/mol. The summed E-state index contributed by atoms with van der Waals surface area (Å²) >= 11 is 0. The van der Waals surface area contributed by atoms with Crippen molar-refractivity contribution in [3.63, 3.8) is 0 Å². The van der Waals surface area contributed by atoms with E-state index in [0.717, 1.165) is 18.7 Å². The van der Waals surface area contributed by atoms with Crippen LogP contribution in [0.1, 0.15) is 12.5 Å². The van der Waals surface area contributed by atoms with Gasteiger partial charge in [0.1, 0.15) is 0 Å². The van der Waals surface area contributed by atoms with Gasteiger partial charge in [0.2, 0.25) is 5.91 Å². The predicted octanol–water partition coefficient (Wildman–Crippen LogP) is 0.513. The fourth-order valence-electron chi connectivity index (χ4n) is 2.10. The molecule has 0 saturated carbocycles. The van der Waals surface area contributed by atoms with Gasteiger partial charge in [-0.3, -0.25) is 4.79 Å². The number of nitrogens with zero attached hydrogens (tertiary/aromatic N) is 1. The van der Waals surface area contributed by atoms with Gasteiger partial charge in [-0.2, -0.15) is 0 Å². The summed E-state index contributed by atoms with van der Waals surface area (Å²) in [5.74, 6) is 0.0475. The molecule has 0 radical (unpaired) electrons. The van der Waals surface area contributed by atoms with Gasteiger partial charge in [-0.05, 0) is 24.1 Å². The summed E-state index contributed by atoms with van der Waals surface area (Å²) in [5.41, 5.74) is 8.01. The number of amides is 1. The molecule has 3 N–H and O–H groups in total. The first-order valence-electron chi connectivity index (χ1n) is 6.06. The molecule has 4 heteroatoms. The van der Waals surface area contributed by atoms with Crippen LogP contribution in [0.15, 0.2) is 24.3 Å². The maximum absolute atomic E-state index is 11.5. The van der Waals surface area contributed by atoms with Crippen molar-refractivity contribution >= 4 is 11.6 Å². The average molecular weight is 233 g/mol. The Morgan fingerprint density at radius 1 is 1.41 bits per heavy atom. The zero-order chi connectivity index (χ0) is 12.3. The van der Waals surface area contributed by atoms with Gasteiger partial charge in [-0.1, -0.05) is 19.1 Å². The average Bonchev–Trinajstić information content (AvgIpc) is 2.38. The molecule has 4 nitrogen and oxygen atoms in total. The molecule has 1 unspecified atom stereocenters. The lowest BCUT2D eigenvalue weighted by atomic mass is 10.1. The molecule has 17 heavy (non-hydrogen) atoms. The first kappa shape index (κ1) is 11.9. The second-order valence-corrected chi connectivity index (χ2v) is 4.40. The van der Waals surface area contributed by atoms with E-state index >= 15 is 0 Å². The molecule has 1 fully saturated rings. The highest BCUT2D eigenvalue weighted by atomic mass is 16.2. The van der Waals surface area contributed by atoms with Crippen LogP contribution in [0.5, 0.6) is 0 Å². The third-order valence-corrected chi connectivity index (χ3v) is 3.13. The minimum Gasteiger partial charge on any atom is -0.360 e. The Kier molecular flexibility index (Phi) is 3.64. The number of hydrogen-bond acceptors (Lipinski definition) is 3. The van der Waals surface area contributed by atoms with Crippen molar-refractivity contribution in [3.05, 3.63) is 29.8 Å². The number of nitrogens with two attached hydrogens (primary N) is 1. The lowest BCUT2D eigenvalue weighted by molar-refractivity contribution is -0.121. The number of carbonyl (C=O) groups is 1. The van der Waals surface area contributed by atoms with Crippen molar-refractivity contribution < 1.29 is 4.79 Å². The Morgan fingerprint density at radius 2 is 2.12 bits per heavy atom. The first-order valence-corrected chi connectivity index (χ1v) is 6.06. The van der Waals surface area contributed by atoms with Crippen LogP contribution in [0.4, 0.5) is 5.69 Å². The highest BCUT2D eigenvalue weighted by molar-refractivity contribution is 5.83. The van der Waals surface area contributed by atoms with Crippen LogP contribution < -0.4 is 16.0 Å². The van der Waals surface area contributed by atoms with Crippen LogP contribution in [0.25, 0.3) is 0 Å². The van der Waals surface area contributed by atoms with Gasteiger partial charge in [-0.25, -0.2) is 0 Å². The third kappa shape index (κ3) is 2.77. The minimum atomic E-state index is 0.0475. The SMILES string of the molecule is CCc1ccc(N2CC(=O)NC(CN)C2)cc1. The summed E-state index contributed by atoms with van der Waals surface area (Å²) in [6.07, 6.45) is 1.03. The maximum atomic E-state index is 11.5. The van der Waals surface area contributed by atoms with Crippen LogP contribution in [-0.2, 0) is 11.2 Å². The quantitative estimate of drug-likeness (QED) is 0.800. The number of hydrogen-bond donors (Lipinski definition) is 2. The van der Waals surface area contributed by atoms with Crippen molar-refractivity contribution in [2.75, 3.05) is 24.5 Å². The fraction of sp³-hybridized carbons (Fsp3) is 0.462. The van der Waals surface area contributed by atoms with Crippen molar-refractivity contribution in [2.24, 2.45) is 5.73 Å². The smallest absolute Gasteiger partial charge is 0.239 e. The molecule has 1 saturated heterocycles. The van der Waals surface area contributed by atoms with Crippen molar-refractivity contribution in [1.29, 1.82) is 0 Å². The number of rotatable bonds is 3. The van der Waals surface area contributed by atoms with E-state index in [2.05, 4.69) is 41.4 Å². The second-order valence-electron chi connectivity index (χ2n) is 4.40. The molecule has 1 aliphatic heterocycles. The molecule has 0 aromatic heterocycles. The van der Waals surface area contributed by atoms with Crippen LogP contribution in [-0.4, -0.2) is 31.6 Å². The largest absolute Gasteiger partial charge is 0.360 e. The molecule has 1 aromatic carbocycles. The molecular formula is C13H19N3O. The lowest BCUT2D eigenvalue weighted by Gasteiger charge is -2.34. The lowest BCUT2D eigenvalue weighted by Crippen LogP contribution is -2.56. The Morgan fingerprint density at radius 3 is 2.71 bits per heavy atom. The van der Waals surface area contributed by atoms with E-state index in [4.69, 9.17) is 5.73 Å². The Balaban J connectivity index is 2.12. The zero-order valence-electron chi connectivity index (χ0n) is 10.1. The van der Waals surface area contributed by atoms with E-state index in [1.807, 2.05) is 0 Å². The summed E-state index contributed by atoms with van der Waals surface area (Å²) in [7, 11) is 0. The van der Waals surface area contributed by atoms with E-state index in [0.29, 0.717) is 13.1 Å². The number of benzene rings is 1. The van der Waals surface area contributed by atoms with Gasteiger partial charge in [0.05, 0.1) is 12.6 Å². The van der Waals surface area contributed by atoms with Gasteiger partial charge >= 0.3 is 0 Å². The Bertz CT molecular complexity index is 388. The van der Waals surface area contributed by atoms with E-state index in [1.54, 1.807) is 0 Å². The first-order chi connectivity index (χ1) is 8.22. The number of piperazine rings is 1. The number of anilines is 1. The number of nitrogens with one attached hydrogen (secondary N) is 1. The molecule has 92 valence electrons. The zero-order valence-corrected chi connectivity index (χ0v) is 10.1. The molecule has 1 aliphatic rings. The number of carbonyl (C=O) groups excluding carboxylic acids is 1. The minimum absolute atomic E-state index is 0.0475. The summed E-state index contributed by atoms with van der Waals surface area (Å²) in [6, 6.07) is 8.43.